The van der Waals surface area contributed by atoms with Crippen LogP contribution in [0.3, 0.4) is 0 Å². The van der Waals surface area contributed by atoms with Crippen molar-refractivity contribution in [2.24, 2.45) is 7.05 Å². The molecule has 0 fully saturated rings. The topological polar surface area (TPSA) is 8.81 Å². The van der Waals surface area contributed by atoms with Gasteiger partial charge in [-0.1, -0.05) is 6.08 Å². The van der Waals surface area contributed by atoms with Crippen LogP contribution in [0.2, 0.25) is 0 Å². The van der Waals surface area contributed by atoms with Gasteiger partial charge in [0.2, 0.25) is 6.33 Å². The van der Waals surface area contributed by atoms with Crippen molar-refractivity contribution in [1.82, 2.24) is 4.57 Å². The van der Waals surface area contributed by atoms with Crippen LogP contribution in [0, 0.1) is 0 Å². The summed E-state index contributed by atoms with van der Waals surface area (Å²) < 4.78 is 43.2. The van der Waals surface area contributed by atoms with E-state index < -0.39 is 7.25 Å². The molecule has 0 atom stereocenters. The summed E-state index contributed by atoms with van der Waals surface area (Å²) in [5, 5.41) is 0. The second-order valence-electron chi connectivity index (χ2n) is 2.89. The minimum absolute atomic E-state index is 1.03. The van der Waals surface area contributed by atoms with E-state index in [4.69, 9.17) is 0 Å². The molecule has 0 radical (unpaired) electrons. The van der Waals surface area contributed by atoms with Crippen LogP contribution < -0.4 is 4.57 Å². The lowest BCUT2D eigenvalue weighted by molar-refractivity contribution is -0.671. The molecule has 0 N–H and O–H groups in total. The molecule has 1 aromatic rings. The molecule has 7 heteroatoms. The van der Waals surface area contributed by atoms with Crippen molar-refractivity contribution in [1.29, 1.82) is 0 Å². The van der Waals surface area contributed by atoms with Gasteiger partial charge in [0.25, 0.3) is 0 Å². The van der Waals surface area contributed by atoms with Crippen molar-refractivity contribution in [3.8, 4) is 0 Å². The number of nitrogens with zero attached hydrogens (tertiary/aromatic N) is 2. The molecule has 1 heterocycles. The Morgan fingerprint density at radius 1 is 1.40 bits per heavy atom. The second-order valence-corrected chi connectivity index (χ2v) is 2.89. The van der Waals surface area contributed by atoms with Crippen LogP contribution in [-0.2, 0) is 13.6 Å². The van der Waals surface area contributed by atoms with Gasteiger partial charge in [0.15, 0.2) is 0 Å². The number of aryl methyl sites for hydroxylation is 2. The van der Waals surface area contributed by atoms with Gasteiger partial charge in [-0.25, -0.2) is 9.13 Å². The van der Waals surface area contributed by atoms with E-state index in [1.165, 1.54) is 0 Å². The predicted octanol–water partition coefficient (Wildman–Crippen LogP) is 2.19. The van der Waals surface area contributed by atoms with Crippen LogP contribution in [0.15, 0.2) is 31.4 Å². The van der Waals surface area contributed by atoms with Crippen molar-refractivity contribution in [3.63, 3.8) is 0 Å². The van der Waals surface area contributed by atoms with E-state index in [1.54, 1.807) is 0 Å². The summed E-state index contributed by atoms with van der Waals surface area (Å²) in [6.07, 6.45) is 9.12. The van der Waals surface area contributed by atoms with Crippen LogP contribution >= 0.6 is 0 Å². The van der Waals surface area contributed by atoms with E-state index in [9.17, 15) is 17.3 Å². The molecule has 0 aliphatic carbocycles. The zero-order valence-corrected chi connectivity index (χ0v) is 8.41. The van der Waals surface area contributed by atoms with E-state index in [1.807, 2.05) is 23.9 Å². The van der Waals surface area contributed by atoms with Crippen molar-refractivity contribution in [2.75, 3.05) is 0 Å². The Balaban J connectivity index is 0.000000336. The third kappa shape index (κ3) is 10.7. The number of hydrogen-bond acceptors (Lipinski definition) is 0. The molecule has 15 heavy (non-hydrogen) atoms. The smallest absolute Gasteiger partial charge is 0.418 e. The third-order valence-corrected chi connectivity index (χ3v) is 1.42. The quantitative estimate of drug-likeness (QED) is 0.322. The van der Waals surface area contributed by atoms with E-state index in [0.29, 0.717) is 0 Å². The first kappa shape index (κ1) is 13.7. The Morgan fingerprint density at radius 2 is 1.93 bits per heavy atom. The maximum absolute atomic E-state index is 9.75. The van der Waals surface area contributed by atoms with Gasteiger partial charge in [-0.3, -0.25) is 0 Å². The maximum atomic E-state index is 9.75. The summed E-state index contributed by atoms with van der Waals surface area (Å²) in [4.78, 5) is 0. The first-order chi connectivity index (χ1) is 6.83. The van der Waals surface area contributed by atoms with Crippen LogP contribution in [0.25, 0.3) is 0 Å². The number of aromatic nitrogens is 2. The Morgan fingerprint density at radius 3 is 2.27 bits per heavy atom. The number of rotatable bonds is 3. The monoisotopic (exact) mass is 224 g/mol. The fraction of sp³-hybridized carbons (Fsp3) is 0.375. The molecule has 2 nitrogen and oxygen atoms in total. The Hall–Kier alpha value is -1.27. The molecule has 1 aromatic heterocycles. The number of imidazole rings is 1. The summed E-state index contributed by atoms with van der Waals surface area (Å²) in [5.74, 6) is 0. The highest BCUT2D eigenvalue weighted by atomic mass is 19.5. The van der Waals surface area contributed by atoms with Crippen LogP contribution in [-0.4, -0.2) is 11.8 Å². The molecule has 0 unspecified atom stereocenters. The summed E-state index contributed by atoms with van der Waals surface area (Å²) >= 11 is 0. The van der Waals surface area contributed by atoms with Gasteiger partial charge in [-0.05, 0) is 0 Å². The standard InChI is InChI=1S/C8H13N2.BF4/c1-3-4-5-10-7-6-9(2)8-10;2-1(3,4)5/h3,6-8H,1,4-5H2,2H3;/q+1;-1. The zero-order chi connectivity index (χ0) is 11.9. The molecule has 0 spiro atoms. The van der Waals surface area contributed by atoms with E-state index in [-0.39, 0.29) is 0 Å². The Labute approximate surface area is 85.9 Å². The molecular weight excluding hydrogens is 211 g/mol. The molecule has 0 amide bonds. The molecule has 0 saturated heterocycles. The molecule has 0 aliphatic heterocycles. The van der Waals surface area contributed by atoms with Crippen molar-refractivity contribution in [3.05, 3.63) is 31.4 Å². The fourth-order valence-corrected chi connectivity index (χ4v) is 0.874. The molecule has 0 aromatic carbocycles. The molecule has 0 aliphatic rings. The summed E-state index contributed by atoms with van der Waals surface area (Å²) in [7, 11) is -3.98. The number of allylic oxidation sites excluding steroid dienone is 1. The molecule has 0 bridgehead atoms. The largest absolute Gasteiger partial charge is 0.673 e. The number of halogens is 4. The van der Waals surface area contributed by atoms with Crippen LogP contribution in [0.1, 0.15) is 6.42 Å². The van der Waals surface area contributed by atoms with E-state index >= 15 is 0 Å². The van der Waals surface area contributed by atoms with Crippen molar-refractivity contribution in [2.45, 2.75) is 13.0 Å². The average molecular weight is 224 g/mol. The van der Waals surface area contributed by atoms with E-state index in [2.05, 4.69) is 23.7 Å². The lowest BCUT2D eigenvalue weighted by Crippen LogP contribution is -2.23. The fourth-order valence-electron chi connectivity index (χ4n) is 0.874. The van der Waals surface area contributed by atoms with Crippen molar-refractivity contribution < 1.29 is 21.8 Å². The predicted molar refractivity (Wildman–Crippen MR) is 50.6 cm³/mol. The highest BCUT2D eigenvalue weighted by Crippen LogP contribution is 2.06. The Kier molecular flexibility index (Phi) is 5.73. The summed E-state index contributed by atoms with van der Waals surface area (Å²) in [6.45, 7) is 4.69. The van der Waals surface area contributed by atoms with Gasteiger partial charge in [0, 0.05) is 6.42 Å². The minimum Gasteiger partial charge on any atom is -0.418 e. The summed E-state index contributed by atoms with van der Waals surface area (Å²) in [6, 6.07) is 0. The van der Waals surface area contributed by atoms with Gasteiger partial charge in [-0.15, -0.1) is 6.58 Å². The molecule has 0 saturated carbocycles. The van der Waals surface area contributed by atoms with Crippen molar-refractivity contribution >= 4 is 7.25 Å². The van der Waals surface area contributed by atoms with Gasteiger partial charge in [0.1, 0.15) is 12.4 Å². The highest BCUT2D eigenvalue weighted by molar-refractivity contribution is 6.50. The first-order valence-electron chi connectivity index (χ1n) is 4.32. The molecular formula is C8H13BF4N2. The first-order valence-corrected chi connectivity index (χ1v) is 4.32. The van der Waals surface area contributed by atoms with Gasteiger partial charge in [0.05, 0.1) is 13.6 Å². The highest BCUT2D eigenvalue weighted by Gasteiger charge is 2.20. The van der Waals surface area contributed by atoms with E-state index in [0.717, 1.165) is 13.0 Å². The lowest BCUT2D eigenvalue weighted by atomic mass is 10.3. The Bertz CT molecular complexity index is 289. The molecule has 86 valence electrons. The maximum Gasteiger partial charge on any atom is 0.673 e. The lowest BCUT2D eigenvalue weighted by Gasteiger charge is -1.94. The van der Waals surface area contributed by atoms with Gasteiger partial charge < -0.3 is 17.3 Å². The zero-order valence-electron chi connectivity index (χ0n) is 8.41. The van der Waals surface area contributed by atoms with Crippen LogP contribution in [0.5, 0.6) is 0 Å². The number of hydrogen-bond donors (Lipinski definition) is 0. The average Bonchev–Trinajstić information content (AvgIpc) is 2.45. The second kappa shape index (κ2) is 6.26. The van der Waals surface area contributed by atoms with Gasteiger partial charge >= 0.3 is 7.25 Å². The third-order valence-electron chi connectivity index (χ3n) is 1.42. The molecule has 1 rings (SSSR count). The van der Waals surface area contributed by atoms with Gasteiger partial charge in [-0.2, -0.15) is 0 Å². The van der Waals surface area contributed by atoms with Crippen LogP contribution in [0.4, 0.5) is 17.3 Å². The summed E-state index contributed by atoms with van der Waals surface area (Å²) in [5.41, 5.74) is 0. The SMILES string of the molecule is C=CCCn1cc[n+](C)c1.F[B-](F)(F)F. The minimum atomic E-state index is -6.00. The normalized spacial score (nSPS) is 10.5.